The number of carbonyl (C=O) groups excluding carboxylic acids is 1. The Morgan fingerprint density at radius 1 is 1.62 bits per heavy atom. The second-order valence-electron chi connectivity index (χ2n) is 3.41. The predicted molar refractivity (Wildman–Crippen MR) is 64.3 cm³/mol. The summed E-state index contributed by atoms with van der Waals surface area (Å²) in [6.07, 6.45) is -1.04. The Morgan fingerprint density at radius 2 is 2.38 bits per heavy atom. The number of aliphatic hydroxyl groups excluding tert-OH is 1. The Bertz CT molecular complexity index is 536. The molecular weight excluding hydrogens is 226 g/mol. The SMILES string of the molecule is CC(O)C(=O)Nc1nc2ccc(N)cc2s1. The molecule has 1 unspecified atom stereocenters. The third kappa shape index (κ3) is 2.12. The van der Waals surface area contributed by atoms with Gasteiger partial charge >= 0.3 is 0 Å². The number of hydrogen-bond donors (Lipinski definition) is 3. The summed E-state index contributed by atoms with van der Waals surface area (Å²) in [6.45, 7) is 1.40. The number of aliphatic hydroxyl groups is 1. The first-order valence-corrected chi connectivity index (χ1v) is 5.53. The van der Waals surface area contributed by atoms with Gasteiger partial charge in [0, 0.05) is 5.69 Å². The fraction of sp³-hybridized carbons (Fsp3) is 0.200. The summed E-state index contributed by atoms with van der Waals surface area (Å²) in [4.78, 5) is 15.4. The van der Waals surface area contributed by atoms with E-state index in [1.165, 1.54) is 18.3 Å². The van der Waals surface area contributed by atoms with Gasteiger partial charge in [0.25, 0.3) is 5.91 Å². The van der Waals surface area contributed by atoms with Crippen molar-refractivity contribution in [2.75, 3.05) is 11.1 Å². The molecule has 4 N–H and O–H groups in total. The monoisotopic (exact) mass is 237 g/mol. The summed E-state index contributed by atoms with van der Waals surface area (Å²) in [7, 11) is 0. The topological polar surface area (TPSA) is 88.2 Å². The zero-order valence-corrected chi connectivity index (χ0v) is 9.41. The van der Waals surface area contributed by atoms with Crippen LogP contribution in [0.25, 0.3) is 10.2 Å². The van der Waals surface area contributed by atoms with Gasteiger partial charge in [0.1, 0.15) is 6.10 Å². The lowest BCUT2D eigenvalue weighted by molar-refractivity contribution is -0.123. The fourth-order valence-electron chi connectivity index (χ4n) is 1.20. The smallest absolute Gasteiger partial charge is 0.254 e. The van der Waals surface area contributed by atoms with Crippen LogP contribution in [0.4, 0.5) is 10.8 Å². The van der Waals surface area contributed by atoms with Gasteiger partial charge in [-0.2, -0.15) is 0 Å². The second-order valence-corrected chi connectivity index (χ2v) is 4.44. The molecule has 0 radical (unpaired) electrons. The largest absolute Gasteiger partial charge is 0.399 e. The minimum absolute atomic E-state index is 0.464. The number of anilines is 2. The van der Waals surface area contributed by atoms with Crippen LogP contribution in [0.5, 0.6) is 0 Å². The lowest BCUT2D eigenvalue weighted by atomic mass is 10.3. The van der Waals surface area contributed by atoms with E-state index in [0.717, 1.165) is 10.2 Å². The van der Waals surface area contributed by atoms with Crippen LogP contribution < -0.4 is 11.1 Å². The van der Waals surface area contributed by atoms with Crippen molar-refractivity contribution < 1.29 is 9.90 Å². The van der Waals surface area contributed by atoms with Crippen LogP contribution in [0.15, 0.2) is 18.2 Å². The van der Waals surface area contributed by atoms with Gasteiger partial charge < -0.3 is 10.8 Å². The highest BCUT2D eigenvalue weighted by molar-refractivity contribution is 7.22. The maximum absolute atomic E-state index is 11.2. The van der Waals surface area contributed by atoms with Gasteiger partial charge in [-0.25, -0.2) is 4.98 Å². The number of aromatic nitrogens is 1. The number of hydrogen-bond acceptors (Lipinski definition) is 5. The third-order valence-electron chi connectivity index (χ3n) is 2.02. The van der Waals surface area contributed by atoms with E-state index in [4.69, 9.17) is 10.8 Å². The summed E-state index contributed by atoms with van der Waals surface area (Å²) in [5.74, 6) is -0.466. The Kier molecular flexibility index (Phi) is 2.76. The quantitative estimate of drug-likeness (QED) is 0.685. The average molecular weight is 237 g/mol. The minimum Gasteiger partial charge on any atom is -0.399 e. The highest BCUT2D eigenvalue weighted by Gasteiger charge is 2.11. The number of nitrogens with one attached hydrogen (secondary N) is 1. The number of nitrogens with zero attached hydrogens (tertiary/aromatic N) is 1. The van der Waals surface area contributed by atoms with Crippen molar-refractivity contribution in [3.8, 4) is 0 Å². The van der Waals surface area contributed by atoms with E-state index >= 15 is 0 Å². The molecule has 0 aliphatic rings. The Morgan fingerprint density at radius 3 is 3.06 bits per heavy atom. The number of amides is 1. The number of thiazole rings is 1. The first-order valence-electron chi connectivity index (χ1n) is 4.71. The van der Waals surface area contributed by atoms with Crippen molar-refractivity contribution in [3.05, 3.63) is 18.2 Å². The summed E-state index contributed by atoms with van der Waals surface area (Å²) >= 11 is 1.32. The van der Waals surface area contributed by atoms with Crippen molar-refractivity contribution in [1.82, 2.24) is 4.98 Å². The number of rotatable bonds is 2. The van der Waals surface area contributed by atoms with Crippen LogP contribution in [-0.4, -0.2) is 22.1 Å². The van der Waals surface area contributed by atoms with Gasteiger partial charge in [0.2, 0.25) is 0 Å². The van der Waals surface area contributed by atoms with Gasteiger partial charge in [0.05, 0.1) is 10.2 Å². The van der Waals surface area contributed by atoms with Crippen LogP contribution in [0, 0.1) is 0 Å². The van der Waals surface area contributed by atoms with Gasteiger partial charge in [-0.3, -0.25) is 10.1 Å². The van der Waals surface area contributed by atoms with Crippen molar-refractivity contribution in [2.24, 2.45) is 0 Å². The molecule has 0 spiro atoms. The molecule has 1 aromatic heterocycles. The molecule has 1 heterocycles. The van der Waals surface area contributed by atoms with Crippen molar-refractivity contribution in [3.63, 3.8) is 0 Å². The molecule has 0 aliphatic carbocycles. The molecule has 1 aromatic carbocycles. The van der Waals surface area contributed by atoms with E-state index in [1.54, 1.807) is 18.2 Å². The van der Waals surface area contributed by atoms with Crippen molar-refractivity contribution >= 4 is 38.3 Å². The molecule has 0 saturated heterocycles. The van der Waals surface area contributed by atoms with Gasteiger partial charge in [0.15, 0.2) is 5.13 Å². The van der Waals surface area contributed by atoms with Crippen LogP contribution in [-0.2, 0) is 4.79 Å². The highest BCUT2D eigenvalue weighted by Crippen LogP contribution is 2.27. The fourth-order valence-corrected chi connectivity index (χ4v) is 2.12. The summed E-state index contributed by atoms with van der Waals surface area (Å²) < 4.78 is 0.904. The van der Waals surface area contributed by atoms with Gasteiger partial charge in [-0.05, 0) is 25.1 Å². The molecule has 1 amide bonds. The zero-order chi connectivity index (χ0) is 11.7. The molecule has 0 bridgehead atoms. The molecule has 0 aliphatic heterocycles. The van der Waals surface area contributed by atoms with E-state index in [1.807, 2.05) is 0 Å². The number of nitrogens with two attached hydrogens (primary N) is 1. The standard InChI is InChI=1S/C10H11N3O2S/c1-5(14)9(15)13-10-12-7-3-2-6(11)4-8(7)16-10/h2-5,14H,11H2,1H3,(H,12,13,15). The van der Waals surface area contributed by atoms with Crippen LogP contribution >= 0.6 is 11.3 Å². The normalized spacial score (nSPS) is 12.6. The van der Waals surface area contributed by atoms with E-state index in [9.17, 15) is 4.79 Å². The Balaban J connectivity index is 2.29. The van der Waals surface area contributed by atoms with Crippen LogP contribution in [0.2, 0.25) is 0 Å². The molecule has 5 nitrogen and oxygen atoms in total. The molecule has 1 atom stereocenters. The first-order chi connectivity index (χ1) is 7.56. The number of benzene rings is 1. The molecule has 0 saturated carbocycles. The molecule has 16 heavy (non-hydrogen) atoms. The molecule has 0 fully saturated rings. The Hall–Kier alpha value is -1.66. The highest BCUT2D eigenvalue weighted by atomic mass is 32.1. The second kappa shape index (κ2) is 4.07. The maximum atomic E-state index is 11.2. The molecule has 2 rings (SSSR count). The maximum Gasteiger partial charge on any atom is 0.254 e. The summed E-state index contributed by atoms with van der Waals surface area (Å²) in [5.41, 5.74) is 7.07. The lowest BCUT2D eigenvalue weighted by Crippen LogP contribution is -2.24. The molecule has 2 aromatic rings. The number of fused-ring (bicyclic) bond motifs is 1. The zero-order valence-electron chi connectivity index (χ0n) is 8.60. The van der Waals surface area contributed by atoms with Gasteiger partial charge in [-0.1, -0.05) is 11.3 Å². The lowest BCUT2D eigenvalue weighted by Gasteiger charge is -2.02. The third-order valence-corrected chi connectivity index (χ3v) is 2.96. The van der Waals surface area contributed by atoms with E-state index < -0.39 is 12.0 Å². The number of nitrogen functional groups attached to an aromatic ring is 1. The van der Waals surface area contributed by atoms with E-state index in [-0.39, 0.29) is 0 Å². The van der Waals surface area contributed by atoms with Crippen LogP contribution in [0.3, 0.4) is 0 Å². The van der Waals surface area contributed by atoms with Crippen LogP contribution in [0.1, 0.15) is 6.92 Å². The minimum atomic E-state index is -1.04. The van der Waals surface area contributed by atoms with E-state index in [2.05, 4.69) is 10.3 Å². The van der Waals surface area contributed by atoms with Gasteiger partial charge in [-0.15, -0.1) is 0 Å². The average Bonchev–Trinajstić information content (AvgIpc) is 2.58. The van der Waals surface area contributed by atoms with Crippen molar-refractivity contribution in [1.29, 1.82) is 0 Å². The Labute approximate surface area is 95.9 Å². The predicted octanol–water partition coefficient (Wildman–Crippen LogP) is 1.20. The molecule has 6 heteroatoms. The molecular formula is C10H11N3O2S. The summed E-state index contributed by atoms with van der Waals surface area (Å²) in [5, 5.41) is 12.0. The van der Waals surface area contributed by atoms with E-state index in [0.29, 0.717) is 10.8 Å². The first kappa shape index (κ1) is 10.8. The number of carbonyl (C=O) groups is 1. The molecule has 84 valence electrons. The summed E-state index contributed by atoms with van der Waals surface area (Å²) in [6, 6.07) is 5.34. The van der Waals surface area contributed by atoms with Crippen molar-refractivity contribution in [2.45, 2.75) is 13.0 Å².